The average Bonchev–Trinajstić information content (AvgIpc) is 3.08. The molecular weight excluding hydrogens is 411 g/mol. The molecule has 0 bridgehead atoms. The topological polar surface area (TPSA) is 90.5 Å². The zero-order valence-corrected chi connectivity index (χ0v) is 17.8. The van der Waals surface area contributed by atoms with Crippen molar-refractivity contribution in [1.29, 1.82) is 0 Å². The smallest absolute Gasteiger partial charge is 0.246 e. The lowest BCUT2D eigenvalue weighted by Gasteiger charge is -2.41. The number of halogens is 2. The van der Waals surface area contributed by atoms with Gasteiger partial charge in [0.05, 0.1) is 19.5 Å². The van der Waals surface area contributed by atoms with Crippen LogP contribution in [0.4, 0.5) is 0 Å². The number of nitrogens with zero attached hydrogens (tertiary/aromatic N) is 3. The maximum atomic E-state index is 13.0. The summed E-state index contributed by atoms with van der Waals surface area (Å²) in [5.74, 6) is 0.548. The van der Waals surface area contributed by atoms with E-state index < -0.39 is 10.0 Å². The summed E-state index contributed by atoms with van der Waals surface area (Å²) < 4.78 is 34.3. The molecule has 1 fully saturated rings. The van der Waals surface area contributed by atoms with E-state index in [0.29, 0.717) is 36.0 Å². The van der Waals surface area contributed by atoms with Crippen LogP contribution in [-0.4, -0.2) is 48.7 Å². The first-order valence-corrected chi connectivity index (χ1v) is 10.1. The molecule has 2 N–H and O–H groups in total. The van der Waals surface area contributed by atoms with Crippen LogP contribution in [0.3, 0.4) is 0 Å². The Morgan fingerprint density at radius 3 is 2.70 bits per heavy atom. The second-order valence-electron chi connectivity index (χ2n) is 7.16. The van der Waals surface area contributed by atoms with Crippen LogP contribution in [0.2, 0.25) is 5.02 Å². The maximum Gasteiger partial charge on any atom is 0.246 e. The van der Waals surface area contributed by atoms with Crippen molar-refractivity contribution in [2.75, 3.05) is 20.2 Å². The summed E-state index contributed by atoms with van der Waals surface area (Å²) in [6.45, 7) is 4.75. The molecule has 0 amide bonds. The van der Waals surface area contributed by atoms with Gasteiger partial charge in [0.25, 0.3) is 0 Å². The molecule has 1 aliphatic heterocycles. The minimum Gasteiger partial charge on any atom is -0.494 e. The van der Waals surface area contributed by atoms with Gasteiger partial charge in [-0.3, -0.25) is 0 Å². The third-order valence-electron chi connectivity index (χ3n) is 4.86. The number of hydrogen-bond acceptors (Lipinski definition) is 5. The second kappa shape index (κ2) is 7.97. The van der Waals surface area contributed by atoms with Gasteiger partial charge in [0.2, 0.25) is 10.0 Å². The van der Waals surface area contributed by atoms with Crippen LogP contribution in [0.15, 0.2) is 35.5 Å². The van der Waals surface area contributed by atoms with Gasteiger partial charge in [0, 0.05) is 24.2 Å². The van der Waals surface area contributed by atoms with E-state index in [1.54, 1.807) is 18.2 Å². The Morgan fingerprint density at radius 1 is 1.37 bits per heavy atom. The van der Waals surface area contributed by atoms with Gasteiger partial charge >= 0.3 is 0 Å². The summed E-state index contributed by atoms with van der Waals surface area (Å²) in [5, 5.41) is 4.70. The number of ether oxygens (including phenoxy) is 1. The fourth-order valence-electron chi connectivity index (χ4n) is 3.09. The predicted octanol–water partition coefficient (Wildman–Crippen LogP) is 2.70. The van der Waals surface area contributed by atoms with Crippen molar-refractivity contribution in [3.05, 3.63) is 35.6 Å². The van der Waals surface area contributed by atoms with Crippen LogP contribution in [0, 0.1) is 5.41 Å². The molecule has 2 aromatic rings. The van der Waals surface area contributed by atoms with Crippen LogP contribution in [0.1, 0.15) is 20.3 Å². The fourth-order valence-corrected chi connectivity index (χ4v) is 4.82. The van der Waals surface area contributed by atoms with E-state index in [1.165, 1.54) is 28.5 Å². The summed E-state index contributed by atoms with van der Waals surface area (Å²) in [4.78, 5) is 0.130. The first-order chi connectivity index (χ1) is 12.1. The van der Waals surface area contributed by atoms with E-state index in [4.69, 9.17) is 22.1 Å². The van der Waals surface area contributed by atoms with Crippen molar-refractivity contribution in [1.82, 2.24) is 14.1 Å². The molecule has 3 rings (SSSR count). The Labute approximate surface area is 170 Å². The molecule has 27 heavy (non-hydrogen) atoms. The van der Waals surface area contributed by atoms with Crippen LogP contribution in [-0.2, 0) is 10.0 Å². The lowest BCUT2D eigenvalue weighted by atomic mass is 9.81. The second-order valence-corrected chi connectivity index (χ2v) is 9.53. The number of methoxy groups -OCH3 is 1. The standard InChI is InChI=1S/C17H23ClN4O3S.ClH/c1-17(2)11-21(7-6-16(17)19)26(23,24)13-9-20-22(10-13)14-8-12(18)4-5-15(14)25-3;/h4-5,8-10,16H,6-7,11,19H2,1-3H3;1H. The van der Waals surface area contributed by atoms with Crippen molar-refractivity contribution >= 4 is 34.0 Å². The van der Waals surface area contributed by atoms with E-state index >= 15 is 0 Å². The molecular formula is C17H24Cl2N4O3S. The van der Waals surface area contributed by atoms with E-state index in [2.05, 4.69) is 5.10 Å². The number of sulfonamides is 1. The van der Waals surface area contributed by atoms with E-state index in [-0.39, 0.29) is 28.8 Å². The Hall–Kier alpha value is -1.32. The number of piperidine rings is 1. The summed E-state index contributed by atoms with van der Waals surface area (Å²) in [6, 6.07) is 5.06. The summed E-state index contributed by atoms with van der Waals surface area (Å²) in [7, 11) is -2.12. The zero-order chi connectivity index (χ0) is 19.1. The van der Waals surface area contributed by atoms with Gasteiger partial charge in [-0.25, -0.2) is 13.1 Å². The lowest BCUT2D eigenvalue weighted by Crippen LogP contribution is -2.53. The highest BCUT2D eigenvalue weighted by Gasteiger charge is 2.39. The van der Waals surface area contributed by atoms with Gasteiger partial charge in [-0.2, -0.15) is 9.40 Å². The Morgan fingerprint density at radius 2 is 2.07 bits per heavy atom. The van der Waals surface area contributed by atoms with E-state index in [9.17, 15) is 8.42 Å². The Kier molecular flexibility index (Phi) is 6.48. The predicted molar refractivity (Wildman–Crippen MR) is 108 cm³/mol. The Balaban J connectivity index is 0.00000261. The van der Waals surface area contributed by atoms with Crippen molar-refractivity contribution in [3.63, 3.8) is 0 Å². The summed E-state index contributed by atoms with van der Waals surface area (Å²) in [6.07, 6.45) is 3.45. The first-order valence-electron chi connectivity index (χ1n) is 8.29. The van der Waals surface area contributed by atoms with Crippen LogP contribution < -0.4 is 10.5 Å². The van der Waals surface area contributed by atoms with Gasteiger partial charge in [-0.15, -0.1) is 12.4 Å². The van der Waals surface area contributed by atoms with Gasteiger partial charge in [-0.1, -0.05) is 25.4 Å². The fraction of sp³-hybridized carbons (Fsp3) is 0.471. The van der Waals surface area contributed by atoms with Crippen molar-refractivity contribution < 1.29 is 13.2 Å². The lowest BCUT2D eigenvalue weighted by molar-refractivity contribution is 0.155. The molecule has 1 atom stereocenters. The monoisotopic (exact) mass is 434 g/mol. The van der Waals surface area contributed by atoms with E-state index in [1.807, 2.05) is 13.8 Å². The first kappa shape index (κ1) is 22.0. The number of benzene rings is 1. The maximum absolute atomic E-state index is 13.0. The van der Waals surface area contributed by atoms with Crippen LogP contribution in [0.25, 0.3) is 5.69 Å². The van der Waals surface area contributed by atoms with Crippen LogP contribution in [0.5, 0.6) is 5.75 Å². The van der Waals surface area contributed by atoms with Crippen LogP contribution >= 0.6 is 24.0 Å². The number of aromatic nitrogens is 2. The highest BCUT2D eigenvalue weighted by molar-refractivity contribution is 7.89. The average molecular weight is 435 g/mol. The molecule has 1 unspecified atom stereocenters. The molecule has 1 aliphatic rings. The third-order valence-corrected chi connectivity index (χ3v) is 6.89. The molecule has 1 aromatic carbocycles. The third kappa shape index (κ3) is 4.25. The molecule has 1 saturated heterocycles. The van der Waals surface area contributed by atoms with Crippen molar-refractivity contribution in [3.8, 4) is 11.4 Å². The molecule has 0 radical (unpaired) electrons. The minimum atomic E-state index is -3.65. The molecule has 1 aromatic heterocycles. The number of nitrogens with two attached hydrogens (primary N) is 1. The molecule has 0 spiro atoms. The number of rotatable bonds is 4. The van der Waals surface area contributed by atoms with E-state index in [0.717, 1.165) is 0 Å². The van der Waals surface area contributed by atoms with Gasteiger partial charge in [-0.05, 0) is 30.0 Å². The summed E-state index contributed by atoms with van der Waals surface area (Å²) >= 11 is 6.05. The molecule has 7 nitrogen and oxygen atoms in total. The molecule has 0 aliphatic carbocycles. The van der Waals surface area contributed by atoms with Gasteiger partial charge in [0.1, 0.15) is 16.3 Å². The van der Waals surface area contributed by atoms with Crippen molar-refractivity contribution in [2.45, 2.75) is 31.2 Å². The molecule has 150 valence electrons. The molecule has 10 heteroatoms. The molecule has 0 saturated carbocycles. The summed E-state index contributed by atoms with van der Waals surface area (Å²) in [5.41, 5.74) is 6.41. The quantitative estimate of drug-likeness (QED) is 0.798. The highest BCUT2D eigenvalue weighted by Crippen LogP contribution is 2.32. The zero-order valence-electron chi connectivity index (χ0n) is 15.4. The normalized spacial score (nSPS) is 20.1. The van der Waals surface area contributed by atoms with Crippen molar-refractivity contribution in [2.24, 2.45) is 11.1 Å². The molecule has 2 heterocycles. The SMILES string of the molecule is COc1ccc(Cl)cc1-n1cc(S(=O)(=O)N2CCC(N)C(C)(C)C2)cn1.Cl. The Bertz CT molecular complexity index is 915. The van der Waals surface area contributed by atoms with Gasteiger partial charge < -0.3 is 10.5 Å². The minimum absolute atomic E-state index is 0. The highest BCUT2D eigenvalue weighted by atomic mass is 35.5. The largest absolute Gasteiger partial charge is 0.494 e. The number of hydrogen-bond donors (Lipinski definition) is 1. The van der Waals surface area contributed by atoms with Gasteiger partial charge in [0.15, 0.2) is 0 Å².